The second-order valence-electron chi connectivity index (χ2n) is 5.84. The van der Waals surface area contributed by atoms with Crippen molar-refractivity contribution >= 4 is 27.4 Å². The summed E-state index contributed by atoms with van der Waals surface area (Å²) >= 11 is 1.66. The molecule has 3 heterocycles. The molecule has 0 fully saturated rings. The van der Waals surface area contributed by atoms with Crippen LogP contribution in [-0.4, -0.2) is 9.97 Å². The molecule has 0 saturated heterocycles. The van der Waals surface area contributed by atoms with Crippen LogP contribution in [0.5, 0.6) is 0 Å². The van der Waals surface area contributed by atoms with E-state index in [9.17, 15) is 0 Å². The average Bonchev–Trinajstić information content (AvgIpc) is 3.30. The van der Waals surface area contributed by atoms with Gasteiger partial charge in [-0.2, -0.15) is 0 Å². The molecule has 0 radical (unpaired) electrons. The molecule has 0 aliphatic heterocycles. The second kappa shape index (κ2) is 7.70. The quantitative estimate of drug-likeness (QED) is 0.482. The summed E-state index contributed by atoms with van der Waals surface area (Å²) in [6.07, 6.45) is 0. The van der Waals surface area contributed by atoms with Gasteiger partial charge in [-0.25, -0.2) is 9.97 Å². The van der Waals surface area contributed by atoms with Crippen molar-refractivity contribution in [3.8, 4) is 11.6 Å². The summed E-state index contributed by atoms with van der Waals surface area (Å²) < 4.78 is 5.62. The van der Waals surface area contributed by atoms with Gasteiger partial charge in [0.25, 0.3) is 0 Å². The largest absolute Gasteiger partial charge is 0.458 e. The lowest BCUT2D eigenvalue weighted by Crippen LogP contribution is -1.95. The maximum absolute atomic E-state index is 6.17. The van der Waals surface area contributed by atoms with Crippen LogP contribution in [0.1, 0.15) is 42.9 Å². The fraction of sp³-hybridized carbons (Fsp3) is 0.238. The van der Waals surface area contributed by atoms with Crippen LogP contribution in [0.25, 0.3) is 21.8 Å². The summed E-state index contributed by atoms with van der Waals surface area (Å²) in [7, 11) is 0. The third-order valence-electron chi connectivity index (χ3n) is 4.13. The fourth-order valence-electron chi connectivity index (χ4n) is 2.75. The number of nitrogens with two attached hydrogens (primary N) is 1. The molecule has 4 aromatic rings. The number of anilines is 1. The highest BCUT2D eigenvalue weighted by Gasteiger charge is 2.16. The number of thiophene rings is 1. The smallest absolute Gasteiger partial charge is 0.199 e. The van der Waals surface area contributed by atoms with E-state index < -0.39 is 0 Å². The Labute approximate surface area is 157 Å². The maximum atomic E-state index is 6.17. The Balaban J connectivity index is 0.000000948. The van der Waals surface area contributed by atoms with E-state index in [0.29, 0.717) is 23.3 Å². The zero-order valence-electron chi connectivity index (χ0n) is 15.5. The van der Waals surface area contributed by atoms with Crippen molar-refractivity contribution < 1.29 is 4.42 Å². The Morgan fingerprint density at radius 3 is 2.42 bits per heavy atom. The first kappa shape index (κ1) is 18.1. The van der Waals surface area contributed by atoms with E-state index in [4.69, 9.17) is 10.2 Å². The van der Waals surface area contributed by atoms with Crippen LogP contribution in [0.4, 0.5) is 5.82 Å². The molecule has 4 nitrogen and oxygen atoms in total. The van der Waals surface area contributed by atoms with Crippen molar-refractivity contribution in [2.75, 3.05) is 5.73 Å². The molecular weight excluding hydrogens is 342 g/mol. The number of benzene rings is 1. The summed E-state index contributed by atoms with van der Waals surface area (Å²) in [4.78, 5) is 11.2. The molecular formula is C21H23N3OS. The van der Waals surface area contributed by atoms with Crippen molar-refractivity contribution in [1.29, 1.82) is 0 Å². The number of hydrogen-bond acceptors (Lipinski definition) is 5. The maximum Gasteiger partial charge on any atom is 0.199 e. The molecule has 1 unspecified atom stereocenters. The van der Waals surface area contributed by atoms with Crippen molar-refractivity contribution in [3.05, 3.63) is 64.7 Å². The van der Waals surface area contributed by atoms with Crippen LogP contribution < -0.4 is 5.73 Å². The first-order chi connectivity index (χ1) is 12.6. The third kappa shape index (κ3) is 3.48. The summed E-state index contributed by atoms with van der Waals surface area (Å²) in [5.41, 5.74) is 7.44. The number of aryl methyl sites for hydroxylation is 1. The van der Waals surface area contributed by atoms with Crippen LogP contribution in [0.3, 0.4) is 0 Å². The summed E-state index contributed by atoms with van der Waals surface area (Å²) in [5.74, 6) is 2.80. The highest BCUT2D eigenvalue weighted by atomic mass is 32.1. The van der Waals surface area contributed by atoms with Crippen LogP contribution >= 0.6 is 11.3 Å². The number of fused-ring (bicyclic) bond motifs is 1. The lowest BCUT2D eigenvalue weighted by atomic mass is 9.99. The van der Waals surface area contributed by atoms with Gasteiger partial charge in [-0.1, -0.05) is 51.1 Å². The van der Waals surface area contributed by atoms with Gasteiger partial charge in [0, 0.05) is 10.8 Å². The molecule has 4 rings (SSSR count). The Kier molecular flexibility index (Phi) is 5.38. The highest BCUT2D eigenvalue weighted by Crippen LogP contribution is 2.36. The number of aromatic nitrogens is 2. The molecule has 0 bridgehead atoms. The second-order valence-corrected chi connectivity index (χ2v) is 6.90. The van der Waals surface area contributed by atoms with Gasteiger partial charge in [-0.15, -0.1) is 11.3 Å². The lowest BCUT2D eigenvalue weighted by molar-refractivity contribution is 0.544. The summed E-state index contributed by atoms with van der Waals surface area (Å²) in [6, 6.07) is 16.3. The number of nitrogen functional groups attached to an aromatic ring is 1. The zero-order chi connectivity index (χ0) is 18.7. The van der Waals surface area contributed by atoms with E-state index in [0.717, 1.165) is 16.0 Å². The number of rotatable bonds is 3. The normalized spacial score (nSPS) is 11.8. The predicted octanol–water partition coefficient (Wildman–Crippen LogP) is 6.02. The molecule has 0 amide bonds. The Morgan fingerprint density at radius 2 is 1.77 bits per heavy atom. The van der Waals surface area contributed by atoms with Gasteiger partial charge in [-0.3, -0.25) is 0 Å². The zero-order valence-corrected chi connectivity index (χ0v) is 16.3. The van der Waals surface area contributed by atoms with Gasteiger partial charge < -0.3 is 10.2 Å². The molecule has 0 spiro atoms. The third-order valence-corrected chi connectivity index (χ3v) is 5.34. The van der Waals surface area contributed by atoms with Gasteiger partial charge in [0.05, 0.1) is 5.39 Å². The molecule has 26 heavy (non-hydrogen) atoms. The molecule has 2 N–H and O–H groups in total. The van der Waals surface area contributed by atoms with E-state index >= 15 is 0 Å². The molecule has 3 aromatic heterocycles. The SMILES string of the molecule is CC.Cc1ccc(-c2nc(N)c3cc(C(C)c4ccccc4)sc3n2)o1. The summed E-state index contributed by atoms with van der Waals surface area (Å²) in [6.45, 7) is 8.09. The molecule has 1 atom stereocenters. The topological polar surface area (TPSA) is 64.9 Å². The molecule has 134 valence electrons. The van der Waals surface area contributed by atoms with E-state index in [1.54, 1.807) is 11.3 Å². The molecule has 0 saturated carbocycles. The monoisotopic (exact) mass is 365 g/mol. The Morgan fingerprint density at radius 1 is 1.04 bits per heavy atom. The number of hydrogen-bond donors (Lipinski definition) is 1. The van der Waals surface area contributed by atoms with Gasteiger partial charge in [-0.05, 0) is 30.7 Å². The summed E-state index contributed by atoms with van der Waals surface area (Å²) in [5, 5.41) is 0.907. The Hall–Kier alpha value is -2.66. The van der Waals surface area contributed by atoms with Gasteiger partial charge in [0.1, 0.15) is 16.4 Å². The highest BCUT2D eigenvalue weighted by molar-refractivity contribution is 7.18. The van der Waals surface area contributed by atoms with Crippen molar-refractivity contribution in [2.45, 2.75) is 33.6 Å². The van der Waals surface area contributed by atoms with Crippen LogP contribution in [0.2, 0.25) is 0 Å². The minimum atomic E-state index is 0.291. The molecule has 0 aliphatic rings. The number of nitrogens with zero attached hydrogens (tertiary/aromatic N) is 2. The molecule has 0 aliphatic carbocycles. The van der Waals surface area contributed by atoms with E-state index in [2.05, 4.69) is 47.2 Å². The average molecular weight is 366 g/mol. The van der Waals surface area contributed by atoms with E-state index in [1.165, 1.54) is 10.4 Å². The van der Waals surface area contributed by atoms with E-state index in [-0.39, 0.29) is 0 Å². The number of furan rings is 1. The van der Waals surface area contributed by atoms with Gasteiger partial charge in [0.2, 0.25) is 0 Å². The predicted molar refractivity (Wildman–Crippen MR) is 110 cm³/mol. The minimum Gasteiger partial charge on any atom is -0.458 e. The van der Waals surface area contributed by atoms with Crippen LogP contribution in [0, 0.1) is 6.92 Å². The van der Waals surface area contributed by atoms with Crippen molar-refractivity contribution in [2.24, 2.45) is 0 Å². The van der Waals surface area contributed by atoms with Crippen molar-refractivity contribution in [1.82, 2.24) is 9.97 Å². The lowest BCUT2D eigenvalue weighted by Gasteiger charge is -2.08. The standard InChI is InChI=1S/C19H17N3OS.C2H6/c1-11-8-9-15(23-11)18-21-17(20)14-10-16(24-19(14)22-18)12(2)13-6-4-3-5-7-13;1-2/h3-10,12H,1-2H3,(H2,20,21,22);1-2H3. The molecule has 1 aromatic carbocycles. The van der Waals surface area contributed by atoms with Gasteiger partial charge >= 0.3 is 0 Å². The minimum absolute atomic E-state index is 0.291. The first-order valence-electron chi connectivity index (χ1n) is 8.80. The Bertz CT molecular complexity index is 1000. The van der Waals surface area contributed by atoms with Gasteiger partial charge in [0.15, 0.2) is 11.6 Å². The van der Waals surface area contributed by atoms with Crippen LogP contribution in [0.15, 0.2) is 52.9 Å². The molecule has 5 heteroatoms. The van der Waals surface area contributed by atoms with Crippen molar-refractivity contribution in [3.63, 3.8) is 0 Å². The first-order valence-corrected chi connectivity index (χ1v) is 9.62. The van der Waals surface area contributed by atoms with Crippen LogP contribution in [-0.2, 0) is 0 Å². The fourth-order valence-corrected chi connectivity index (χ4v) is 3.86. The van der Waals surface area contributed by atoms with E-state index in [1.807, 2.05) is 39.0 Å².